The molecular weight excluding hydrogens is 348 g/mol. The largest absolute Gasteiger partial charge is 0.345 e. The number of rotatable bonds is 10. The molecular formula is C24H32N2O2. The van der Waals surface area contributed by atoms with Crippen molar-refractivity contribution in [2.45, 2.75) is 58.7 Å². The third-order valence-electron chi connectivity index (χ3n) is 4.65. The van der Waals surface area contributed by atoms with Crippen LogP contribution in [0.5, 0.6) is 0 Å². The maximum absolute atomic E-state index is 13.1. The van der Waals surface area contributed by atoms with Gasteiger partial charge in [-0.1, -0.05) is 88.4 Å². The Morgan fingerprint density at radius 2 is 1.21 bits per heavy atom. The first-order chi connectivity index (χ1) is 13.4. The van der Waals surface area contributed by atoms with E-state index in [2.05, 4.69) is 10.6 Å². The molecule has 0 radical (unpaired) electrons. The normalized spacial score (nSPS) is 13.4. The molecule has 0 fully saturated rings. The Kier molecular flexibility index (Phi) is 8.40. The van der Waals surface area contributed by atoms with Gasteiger partial charge in [0.15, 0.2) is 5.78 Å². The molecule has 0 aliphatic heterocycles. The van der Waals surface area contributed by atoms with Gasteiger partial charge in [-0.25, -0.2) is 0 Å². The van der Waals surface area contributed by atoms with Crippen LogP contribution in [0.4, 0.5) is 0 Å². The Balaban J connectivity index is 2.16. The molecule has 2 unspecified atom stereocenters. The zero-order valence-electron chi connectivity index (χ0n) is 17.3. The van der Waals surface area contributed by atoms with Gasteiger partial charge in [-0.05, 0) is 24.0 Å². The minimum absolute atomic E-state index is 0.0558. The van der Waals surface area contributed by atoms with E-state index >= 15 is 0 Å². The zero-order valence-corrected chi connectivity index (χ0v) is 17.3. The first-order valence-electron chi connectivity index (χ1n) is 10.0. The van der Waals surface area contributed by atoms with Crippen LogP contribution >= 0.6 is 0 Å². The second kappa shape index (κ2) is 10.8. The molecule has 4 heteroatoms. The molecule has 0 spiro atoms. The number of hydrogen-bond acceptors (Lipinski definition) is 3. The topological polar surface area (TPSA) is 58.2 Å². The third kappa shape index (κ3) is 6.93. The van der Waals surface area contributed by atoms with Crippen LogP contribution in [-0.2, 0) is 22.4 Å². The van der Waals surface area contributed by atoms with Crippen LogP contribution in [-0.4, -0.2) is 29.8 Å². The van der Waals surface area contributed by atoms with Crippen LogP contribution in [0.1, 0.15) is 38.8 Å². The lowest BCUT2D eigenvalue weighted by Gasteiger charge is -2.25. The fourth-order valence-corrected chi connectivity index (χ4v) is 3.23. The predicted molar refractivity (Wildman–Crippen MR) is 114 cm³/mol. The van der Waals surface area contributed by atoms with Gasteiger partial charge < -0.3 is 10.6 Å². The highest BCUT2D eigenvalue weighted by molar-refractivity contribution is 5.92. The molecule has 4 nitrogen and oxygen atoms in total. The standard InChI is InChI=1S/C24H32N2O2/c1-17(2)23(27)21(15-19-11-7-5-8-12-19)26-24(28)22(25-18(3)4)16-20-13-9-6-10-14-20/h5-14,17-18,21-22,25H,15-16H2,1-4H3,(H,26,28). The lowest BCUT2D eigenvalue weighted by molar-refractivity contribution is -0.130. The fourth-order valence-electron chi connectivity index (χ4n) is 3.23. The summed E-state index contributed by atoms with van der Waals surface area (Å²) in [5, 5.41) is 6.36. The molecule has 0 saturated carbocycles. The van der Waals surface area contributed by atoms with E-state index in [1.165, 1.54) is 0 Å². The fraction of sp³-hybridized carbons (Fsp3) is 0.417. The van der Waals surface area contributed by atoms with Crippen molar-refractivity contribution < 1.29 is 9.59 Å². The van der Waals surface area contributed by atoms with Gasteiger partial charge in [-0.3, -0.25) is 9.59 Å². The van der Waals surface area contributed by atoms with Crippen LogP contribution in [0.2, 0.25) is 0 Å². The van der Waals surface area contributed by atoms with E-state index in [1.54, 1.807) is 0 Å². The van der Waals surface area contributed by atoms with Crippen molar-refractivity contribution in [3.63, 3.8) is 0 Å². The molecule has 2 aromatic rings. The minimum atomic E-state index is -0.526. The van der Waals surface area contributed by atoms with E-state index in [9.17, 15) is 9.59 Å². The smallest absolute Gasteiger partial charge is 0.238 e. The van der Waals surface area contributed by atoms with Crippen molar-refractivity contribution >= 4 is 11.7 Å². The Hall–Kier alpha value is -2.46. The van der Waals surface area contributed by atoms with Crippen LogP contribution < -0.4 is 10.6 Å². The predicted octanol–water partition coefficient (Wildman–Crippen LogP) is 3.55. The van der Waals surface area contributed by atoms with Gasteiger partial charge in [0.1, 0.15) is 0 Å². The highest BCUT2D eigenvalue weighted by atomic mass is 16.2. The zero-order chi connectivity index (χ0) is 20.5. The van der Waals surface area contributed by atoms with Gasteiger partial charge in [-0.2, -0.15) is 0 Å². The van der Waals surface area contributed by atoms with E-state index in [4.69, 9.17) is 0 Å². The molecule has 28 heavy (non-hydrogen) atoms. The molecule has 0 heterocycles. The summed E-state index contributed by atoms with van der Waals surface area (Å²) in [6.45, 7) is 7.79. The molecule has 0 aliphatic carbocycles. The Morgan fingerprint density at radius 3 is 1.64 bits per heavy atom. The third-order valence-corrected chi connectivity index (χ3v) is 4.65. The summed E-state index contributed by atoms with van der Waals surface area (Å²) in [7, 11) is 0. The van der Waals surface area contributed by atoms with Gasteiger partial charge in [0.2, 0.25) is 5.91 Å². The molecule has 2 aromatic carbocycles. The van der Waals surface area contributed by atoms with Gasteiger partial charge in [0.25, 0.3) is 0 Å². The Morgan fingerprint density at radius 1 is 0.750 bits per heavy atom. The van der Waals surface area contributed by atoms with Gasteiger partial charge in [0, 0.05) is 12.0 Å². The molecule has 1 amide bonds. The lowest BCUT2D eigenvalue weighted by atomic mass is 9.95. The van der Waals surface area contributed by atoms with E-state index in [1.807, 2.05) is 88.4 Å². The quantitative estimate of drug-likeness (QED) is 0.663. The van der Waals surface area contributed by atoms with Crippen molar-refractivity contribution in [3.05, 3.63) is 71.8 Å². The minimum Gasteiger partial charge on any atom is -0.345 e. The first-order valence-corrected chi connectivity index (χ1v) is 10.0. The van der Waals surface area contributed by atoms with E-state index < -0.39 is 6.04 Å². The summed E-state index contributed by atoms with van der Waals surface area (Å²) in [4.78, 5) is 25.8. The number of Topliss-reactive ketones (excluding diaryl/α,β-unsaturated/α-hetero) is 1. The molecule has 0 aliphatic rings. The maximum atomic E-state index is 13.1. The van der Waals surface area contributed by atoms with Gasteiger partial charge >= 0.3 is 0 Å². The van der Waals surface area contributed by atoms with Crippen molar-refractivity contribution in [1.82, 2.24) is 10.6 Å². The molecule has 150 valence electrons. The van der Waals surface area contributed by atoms with Crippen molar-refractivity contribution in [2.75, 3.05) is 0 Å². The number of carbonyl (C=O) groups is 2. The average molecular weight is 381 g/mol. The Labute approximate surface area is 168 Å². The molecule has 2 atom stereocenters. The molecule has 0 aromatic heterocycles. The van der Waals surface area contributed by atoms with Crippen LogP contribution in [0.25, 0.3) is 0 Å². The SMILES string of the molecule is CC(C)NC(Cc1ccccc1)C(=O)NC(Cc1ccccc1)C(=O)C(C)C. The molecule has 0 bridgehead atoms. The first kappa shape index (κ1) is 21.8. The number of ketones is 1. The summed E-state index contributed by atoms with van der Waals surface area (Å²) >= 11 is 0. The summed E-state index contributed by atoms with van der Waals surface area (Å²) in [5.74, 6) is -0.215. The highest BCUT2D eigenvalue weighted by Gasteiger charge is 2.27. The highest BCUT2D eigenvalue weighted by Crippen LogP contribution is 2.10. The summed E-state index contributed by atoms with van der Waals surface area (Å²) in [6, 6.07) is 19.0. The van der Waals surface area contributed by atoms with Crippen LogP contribution in [0.3, 0.4) is 0 Å². The second-order valence-corrected chi connectivity index (χ2v) is 7.87. The van der Waals surface area contributed by atoms with Crippen LogP contribution in [0, 0.1) is 5.92 Å². The summed E-state index contributed by atoms with van der Waals surface area (Å²) in [6.07, 6.45) is 1.09. The molecule has 2 rings (SSSR count). The maximum Gasteiger partial charge on any atom is 0.238 e. The average Bonchev–Trinajstić information content (AvgIpc) is 2.67. The second-order valence-electron chi connectivity index (χ2n) is 7.87. The Bertz CT molecular complexity index is 742. The van der Waals surface area contributed by atoms with E-state index in [0.29, 0.717) is 12.8 Å². The van der Waals surface area contributed by atoms with Crippen molar-refractivity contribution in [3.8, 4) is 0 Å². The molecule has 2 N–H and O–H groups in total. The number of hydrogen-bond donors (Lipinski definition) is 2. The monoisotopic (exact) mass is 380 g/mol. The summed E-state index contributed by atoms with van der Waals surface area (Å²) in [5.41, 5.74) is 2.13. The van der Waals surface area contributed by atoms with Gasteiger partial charge in [-0.15, -0.1) is 0 Å². The van der Waals surface area contributed by atoms with Gasteiger partial charge in [0.05, 0.1) is 12.1 Å². The summed E-state index contributed by atoms with van der Waals surface area (Å²) < 4.78 is 0. The number of nitrogens with one attached hydrogen (secondary N) is 2. The van der Waals surface area contributed by atoms with E-state index in [-0.39, 0.29) is 29.7 Å². The molecule has 0 saturated heterocycles. The van der Waals surface area contributed by atoms with Crippen molar-refractivity contribution in [1.29, 1.82) is 0 Å². The number of benzene rings is 2. The number of carbonyl (C=O) groups excluding carboxylic acids is 2. The number of amides is 1. The van der Waals surface area contributed by atoms with E-state index in [0.717, 1.165) is 11.1 Å². The van der Waals surface area contributed by atoms with Crippen molar-refractivity contribution in [2.24, 2.45) is 5.92 Å². The van der Waals surface area contributed by atoms with Crippen LogP contribution in [0.15, 0.2) is 60.7 Å². The lowest BCUT2D eigenvalue weighted by Crippen LogP contribution is -2.53.